The van der Waals surface area contributed by atoms with E-state index in [0.29, 0.717) is 39.0 Å². The van der Waals surface area contributed by atoms with E-state index in [0.717, 1.165) is 11.4 Å². The molecule has 0 N–H and O–H groups in total. The second kappa shape index (κ2) is 6.61. The molecule has 0 saturated carbocycles. The van der Waals surface area contributed by atoms with Crippen molar-refractivity contribution in [1.29, 1.82) is 0 Å². The van der Waals surface area contributed by atoms with Gasteiger partial charge in [0, 0.05) is 38.2 Å². The molecule has 2 rings (SSSR count). The van der Waals surface area contributed by atoms with Gasteiger partial charge in [-0.15, -0.1) is 0 Å². The van der Waals surface area contributed by atoms with Crippen LogP contribution in [0.5, 0.6) is 0 Å². The van der Waals surface area contributed by atoms with Gasteiger partial charge in [-0.2, -0.15) is 0 Å². The lowest BCUT2D eigenvalue weighted by Gasteiger charge is -2.28. The molecule has 0 aromatic carbocycles. The SMILES string of the molecule is Cc1cccc(CN(C)CC(=O)N2CCC(=O)CC2)n1. The molecule has 0 unspecified atom stereocenters. The van der Waals surface area contributed by atoms with Crippen molar-refractivity contribution in [3.63, 3.8) is 0 Å². The molecule has 0 aliphatic carbocycles. The van der Waals surface area contributed by atoms with Crippen molar-refractivity contribution in [2.45, 2.75) is 26.3 Å². The summed E-state index contributed by atoms with van der Waals surface area (Å²) in [6.07, 6.45) is 0.990. The highest BCUT2D eigenvalue weighted by molar-refractivity contribution is 5.84. The standard InChI is InChI=1S/C15H21N3O2/c1-12-4-3-5-13(16-12)10-17(2)11-15(20)18-8-6-14(19)7-9-18/h3-5H,6-11H2,1-2H3. The summed E-state index contributed by atoms with van der Waals surface area (Å²) in [5.74, 6) is 0.346. The van der Waals surface area contributed by atoms with Crippen molar-refractivity contribution >= 4 is 11.7 Å². The summed E-state index contributed by atoms with van der Waals surface area (Å²) in [6, 6.07) is 5.90. The molecule has 1 aromatic heterocycles. The molecule has 1 amide bonds. The highest BCUT2D eigenvalue weighted by Crippen LogP contribution is 2.07. The number of amides is 1. The maximum atomic E-state index is 12.1. The van der Waals surface area contributed by atoms with Crippen molar-refractivity contribution in [3.8, 4) is 0 Å². The van der Waals surface area contributed by atoms with E-state index in [9.17, 15) is 9.59 Å². The molecule has 0 atom stereocenters. The molecule has 1 saturated heterocycles. The molecule has 108 valence electrons. The summed E-state index contributed by atoms with van der Waals surface area (Å²) in [5.41, 5.74) is 1.95. The Hall–Kier alpha value is -1.75. The number of hydrogen-bond donors (Lipinski definition) is 0. The molecular weight excluding hydrogens is 254 g/mol. The number of carbonyl (C=O) groups excluding carboxylic acids is 2. The fourth-order valence-electron chi connectivity index (χ4n) is 2.36. The highest BCUT2D eigenvalue weighted by atomic mass is 16.2. The first-order valence-corrected chi connectivity index (χ1v) is 6.95. The quantitative estimate of drug-likeness (QED) is 0.823. The van der Waals surface area contributed by atoms with Crippen LogP contribution in [0.4, 0.5) is 0 Å². The lowest BCUT2D eigenvalue weighted by molar-refractivity contribution is -0.135. The lowest BCUT2D eigenvalue weighted by Crippen LogP contribution is -2.43. The van der Waals surface area contributed by atoms with Crippen LogP contribution in [0.15, 0.2) is 18.2 Å². The van der Waals surface area contributed by atoms with Crippen LogP contribution >= 0.6 is 0 Å². The first-order chi connectivity index (χ1) is 9.54. The van der Waals surface area contributed by atoms with Gasteiger partial charge in [-0.3, -0.25) is 19.5 Å². The minimum atomic E-state index is 0.0904. The van der Waals surface area contributed by atoms with E-state index in [-0.39, 0.29) is 11.7 Å². The Kier molecular flexibility index (Phi) is 4.84. The van der Waals surface area contributed by atoms with Gasteiger partial charge in [-0.25, -0.2) is 0 Å². The first kappa shape index (κ1) is 14.7. The van der Waals surface area contributed by atoms with Crippen molar-refractivity contribution in [3.05, 3.63) is 29.6 Å². The number of pyridine rings is 1. The van der Waals surface area contributed by atoms with E-state index in [1.54, 1.807) is 4.90 Å². The predicted octanol–water partition coefficient (Wildman–Crippen LogP) is 1.01. The number of likely N-dealkylation sites (N-methyl/N-ethyl adjacent to an activating group) is 1. The summed E-state index contributed by atoms with van der Waals surface area (Å²) in [6.45, 7) is 4.10. The van der Waals surface area contributed by atoms with Gasteiger partial charge < -0.3 is 4.90 Å². The van der Waals surface area contributed by atoms with Gasteiger partial charge in [-0.05, 0) is 26.1 Å². The maximum absolute atomic E-state index is 12.1. The van der Waals surface area contributed by atoms with Crippen LogP contribution in [0.2, 0.25) is 0 Å². The van der Waals surface area contributed by atoms with Gasteiger partial charge in [0.1, 0.15) is 5.78 Å². The number of hydrogen-bond acceptors (Lipinski definition) is 4. The second-order valence-corrected chi connectivity index (χ2v) is 5.36. The smallest absolute Gasteiger partial charge is 0.236 e. The van der Waals surface area contributed by atoms with Crippen LogP contribution in [0.3, 0.4) is 0 Å². The Morgan fingerprint density at radius 2 is 2.05 bits per heavy atom. The molecule has 0 bridgehead atoms. The van der Waals surface area contributed by atoms with Gasteiger partial charge in [0.2, 0.25) is 5.91 Å². The maximum Gasteiger partial charge on any atom is 0.236 e. The zero-order valence-electron chi connectivity index (χ0n) is 12.1. The van der Waals surface area contributed by atoms with Crippen LogP contribution in [-0.2, 0) is 16.1 Å². The summed E-state index contributed by atoms with van der Waals surface area (Å²) in [5, 5.41) is 0. The Balaban J connectivity index is 1.83. The number of carbonyl (C=O) groups is 2. The van der Waals surface area contributed by atoms with Crippen molar-refractivity contribution in [1.82, 2.24) is 14.8 Å². The molecule has 2 heterocycles. The molecule has 1 aromatic rings. The van der Waals surface area contributed by atoms with E-state index in [1.165, 1.54) is 0 Å². The number of Topliss-reactive ketones (excluding diaryl/α,β-unsaturated/α-hetero) is 1. The Morgan fingerprint density at radius 3 is 2.70 bits per heavy atom. The summed E-state index contributed by atoms with van der Waals surface area (Å²) < 4.78 is 0. The molecule has 5 nitrogen and oxygen atoms in total. The number of piperidine rings is 1. The van der Waals surface area contributed by atoms with E-state index in [2.05, 4.69) is 4.98 Å². The summed E-state index contributed by atoms with van der Waals surface area (Å²) in [4.78, 5) is 31.5. The van der Waals surface area contributed by atoms with Crippen molar-refractivity contribution in [2.24, 2.45) is 0 Å². The molecule has 5 heteroatoms. The Morgan fingerprint density at radius 1 is 1.35 bits per heavy atom. The van der Waals surface area contributed by atoms with Crippen LogP contribution in [0.25, 0.3) is 0 Å². The summed E-state index contributed by atoms with van der Waals surface area (Å²) in [7, 11) is 1.91. The van der Waals surface area contributed by atoms with Crippen LogP contribution < -0.4 is 0 Å². The van der Waals surface area contributed by atoms with Crippen molar-refractivity contribution < 1.29 is 9.59 Å². The number of aromatic nitrogens is 1. The van der Waals surface area contributed by atoms with Crippen LogP contribution in [0, 0.1) is 6.92 Å². The molecule has 1 aliphatic heterocycles. The van der Waals surface area contributed by atoms with Gasteiger partial charge >= 0.3 is 0 Å². The van der Waals surface area contributed by atoms with Gasteiger partial charge in [0.25, 0.3) is 0 Å². The molecule has 20 heavy (non-hydrogen) atoms. The molecular formula is C15H21N3O2. The number of nitrogens with zero attached hydrogens (tertiary/aromatic N) is 3. The molecule has 0 radical (unpaired) electrons. The lowest BCUT2D eigenvalue weighted by atomic mass is 10.1. The number of aryl methyl sites for hydroxylation is 1. The Bertz CT molecular complexity index is 492. The topological polar surface area (TPSA) is 53.5 Å². The third-order valence-corrected chi connectivity index (χ3v) is 3.46. The van der Waals surface area contributed by atoms with E-state index in [4.69, 9.17) is 0 Å². The highest BCUT2D eigenvalue weighted by Gasteiger charge is 2.21. The minimum absolute atomic E-state index is 0.0904. The summed E-state index contributed by atoms with van der Waals surface area (Å²) >= 11 is 0. The monoisotopic (exact) mass is 275 g/mol. The fraction of sp³-hybridized carbons (Fsp3) is 0.533. The zero-order valence-corrected chi connectivity index (χ0v) is 12.1. The van der Waals surface area contributed by atoms with Crippen LogP contribution in [0.1, 0.15) is 24.2 Å². The molecule has 1 fully saturated rings. The number of ketones is 1. The third kappa shape index (κ3) is 4.13. The minimum Gasteiger partial charge on any atom is -0.341 e. The van der Waals surface area contributed by atoms with E-state index in [1.807, 2.05) is 37.1 Å². The van der Waals surface area contributed by atoms with Crippen LogP contribution in [-0.4, -0.2) is 53.2 Å². The average Bonchev–Trinajstić information content (AvgIpc) is 2.39. The predicted molar refractivity (Wildman–Crippen MR) is 76.1 cm³/mol. The number of likely N-dealkylation sites (tertiary alicyclic amines) is 1. The average molecular weight is 275 g/mol. The molecule has 0 spiro atoms. The van der Waals surface area contributed by atoms with E-state index >= 15 is 0 Å². The van der Waals surface area contributed by atoms with Gasteiger partial charge in [0.15, 0.2) is 0 Å². The Labute approximate surface area is 119 Å². The first-order valence-electron chi connectivity index (χ1n) is 6.95. The largest absolute Gasteiger partial charge is 0.341 e. The van der Waals surface area contributed by atoms with Gasteiger partial charge in [0.05, 0.1) is 12.2 Å². The fourth-order valence-corrected chi connectivity index (χ4v) is 2.36. The van der Waals surface area contributed by atoms with Gasteiger partial charge in [-0.1, -0.05) is 6.07 Å². The van der Waals surface area contributed by atoms with Crippen molar-refractivity contribution in [2.75, 3.05) is 26.7 Å². The molecule has 1 aliphatic rings. The normalized spacial score (nSPS) is 15.8. The van der Waals surface area contributed by atoms with E-state index < -0.39 is 0 Å². The number of rotatable bonds is 4. The zero-order chi connectivity index (χ0) is 14.5. The third-order valence-electron chi connectivity index (χ3n) is 3.46. The second-order valence-electron chi connectivity index (χ2n) is 5.36.